The van der Waals surface area contributed by atoms with Gasteiger partial charge in [-0.2, -0.15) is 9.52 Å². The topological polar surface area (TPSA) is 49.7 Å². The first-order chi connectivity index (χ1) is 10.8. The van der Waals surface area contributed by atoms with Crippen LogP contribution in [0.25, 0.3) is 0 Å². The molecule has 7 heteroatoms. The minimum Gasteiger partial charge on any atom is -0.205 e. The van der Waals surface area contributed by atoms with Crippen LogP contribution >= 0.6 is 23.2 Å². The van der Waals surface area contributed by atoms with Crippen molar-refractivity contribution in [3.8, 4) is 0 Å². The van der Waals surface area contributed by atoms with Crippen molar-refractivity contribution in [1.82, 2.24) is 4.41 Å². The van der Waals surface area contributed by atoms with E-state index < -0.39 is 10.0 Å². The molecule has 1 heterocycles. The third kappa shape index (κ3) is 3.52. The second-order valence-electron chi connectivity index (χ2n) is 5.36. The van der Waals surface area contributed by atoms with E-state index in [2.05, 4.69) is 5.10 Å². The maximum Gasteiger partial charge on any atom is 0.247 e. The van der Waals surface area contributed by atoms with Crippen molar-refractivity contribution in [2.75, 3.05) is 6.26 Å². The quantitative estimate of drug-likeness (QED) is 0.818. The lowest BCUT2D eigenvalue weighted by atomic mass is 9.99. The number of sulfonamides is 1. The second kappa shape index (κ2) is 6.15. The van der Waals surface area contributed by atoms with Crippen molar-refractivity contribution in [2.24, 2.45) is 5.10 Å². The van der Waals surface area contributed by atoms with E-state index in [-0.39, 0.29) is 6.04 Å². The summed E-state index contributed by atoms with van der Waals surface area (Å²) in [6.45, 7) is 0. The number of hydrazone groups is 1. The molecule has 0 radical (unpaired) electrons. The molecule has 0 bridgehead atoms. The Morgan fingerprint density at radius 2 is 1.52 bits per heavy atom. The van der Waals surface area contributed by atoms with Crippen molar-refractivity contribution in [1.29, 1.82) is 0 Å². The van der Waals surface area contributed by atoms with Gasteiger partial charge in [-0.3, -0.25) is 0 Å². The van der Waals surface area contributed by atoms with Crippen molar-refractivity contribution >= 4 is 38.9 Å². The second-order valence-corrected chi connectivity index (χ2v) is 8.07. The van der Waals surface area contributed by atoms with E-state index >= 15 is 0 Å². The lowest BCUT2D eigenvalue weighted by Crippen LogP contribution is -2.25. The summed E-state index contributed by atoms with van der Waals surface area (Å²) in [5.41, 5.74) is 2.43. The summed E-state index contributed by atoms with van der Waals surface area (Å²) in [4.78, 5) is 0. The first-order valence-corrected chi connectivity index (χ1v) is 9.53. The molecule has 2 aromatic carbocycles. The maximum atomic E-state index is 12.1. The van der Waals surface area contributed by atoms with Crippen LogP contribution in [0, 0.1) is 0 Å². The SMILES string of the molecule is CS(=O)(=O)N1N=C(c2ccc(Cl)cc2)C[C@@H]1c1ccc(Cl)cc1. The summed E-state index contributed by atoms with van der Waals surface area (Å²) in [5.74, 6) is 0. The third-order valence-corrected chi connectivity index (χ3v) is 5.16. The smallest absolute Gasteiger partial charge is 0.205 e. The van der Waals surface area contributed by atoms with Crippen molar-refractivity contribution in [3.05, 3.63) is 69.7 Å². The zero-order valence-corrected chi connectivity index (χ0v) is 14.6. The molecule has 1 atom stereocenters. The van der Waals surface area contributed by atoms with Crippen LogP contribution in [0.2, 0.25) is 10.0 Å². The molecule has 120 valence electrons. The van der Waals surface area contributed by atoms with Crippen LogP contribution in [0.5, 0.6) is 0 Å². The van der Waals surface area contributed by atoms with Crippen LogP contribution < -0.4 is 0 Å². The van der Waals surface area contributed by atoms with Gasteiger partial charge in [0.05, 0.1) is 18.0 Å². The molecule has 0 unspecified atom stereocenters. The predicted molar refractivity (Wildman–Crippen MR) is 93.5 cm³/mol. The van der Waals surface area contributed by atoms with E-state index in [1.807, 2.05) is 24.3 Å². The molecule has 0 aromatic heterocycles. The van der Waals surface area contributed by atoms with Crippen LogP contribution in [0.15, 0.2) is 53.6 Å². The van der Waals surface area contributed by atoms with Gasteiger partial charge < -0.3 is 0 Å². The van der Waals surface area contributed by atoms with Crippen LogP contribution in [-0.4, -0.2) is 24.8 Å². The minimum atomic E-state index is -3.47. The first-order valence-electron chi connectivity index (χ1n) is 6.93. The van der Waals surface area contributed by atoms with Gasteiger partial charge in [-0.1, -0.05) is 47.5 Å². The molecule has 4 nitrogen and oxygen atoms in total. The molecule has 0 saturated heterocycles. The third-order valence-electron chi connectivity index (χ3n) is 3.64. The molecule has 1 aliphatic rings. The van der Waals surface area contributed by atoms with Gasteiger partial charge in [0.1, 0.15) is 0 Å². The highest BCUT2D eigenvalue weighted by Crippen LogP contribution is 2.35. The Kier molecular flexibility index (Phi) is 4.36. The molecule has 0 saturated carbocycles. The van der Waals surface area contributed by atoms with Gasteiger partial charge in [-0.25, -0.2) is 8.42 Å². The molecule has 1 aliphatic heterocycles. The summed E-state index contributed by atoms with van der Waals surface area (Å²) in [6, 6.07) is 14.0. The van der Waals surface area contributed by atoms with Gasteiger partial charge in [0.2, 0.25) is 10.0 Å². The Labute approximate surface area is 145 Å². The fraction of sp³-hybridized carbons (Fsp3) is 0.188. The lowest BCUT2D eigenvalue weighted by Gasteiger charge is -2.21. The summed E-state index contributed by atoms with van der Waals surface area (Å²) in [6.07, 6.45) is 1.65. The molecule has 3 rings (SSSR count). The van der Waals surface area contributed by atoms with Gasteiger partial charge in [0.25, 0.3) is 0 Å². The number of hydrogen-bond donors (Lipinski definition) is 0. The average molecular weight is 369 g/mol. The van der Waals surface area contributed by atoms with Crippen molar-refractivity contribution in [2.45, 2.75) is 12.5 Å². The largest absolute Gasteiger partial charge is 0.247 e. The number of nitrogens with zero attached hydrogens (tertiary/aromatic N) is 2. The monoisotopic (exact) mass is 368 g/mol. The highest BCUT2D eigenvalue weighted by atomic mass is 35.5. The van der Waals surface area contributed by atoms with Crippen molar-refractivity contribution in [3.63, 3.8) is 0 Å². The number of hydrogen-bond acceptors (Lipinski definition) is 3. The van der Waals surface area contributed by atoms with E-state index in [1.54, 1.807) is 24.3 Å². The van der Waals surface area contributed by atoms with E-state index in [1.165, 1.54) is 4.41 Å². The number of rotatable bonds is 3. The van der Waals surface area contributed by atoms with Gasteiger partial charge in [0.15, 0.2) is 0 Å². The van der Waals surface area contributed by atoms with Crippen molar-refractivity contribution < 1.29 is 8.42 Å². The summed E-state index contributed by atoms with van der Waals surface area (Å²) < 4.78 is 25.3. The standard InChI is InChI=1S/C16H14Cl2N2O2S/c1-23(21,22)20-16(12-4-8-14(18)9-5-12)10-15(19-20)11-2-6-13(17)7-3-11/h2-9,16H,10H2,1H3/t16-/m1/s1. The van der Waals surface area contributed by atoms with Gasteiger partial charge in [-0.05, 0) is 35.4 Å². The highest BCUT2D eigenvalue weighted by molar-refractivity contribution is 7.88. The van der Waals surface area contributed by atoms with E-state index in [0.717, 1.165) is 17.4 Å². The minimum absolute atomic E-state index is 0.368. The zero-order chi connectivity index (χ0) is 16.6. The Bertz CT molecular complexity index is 847. The molecular weight excluding hydrogens is 355 g/mol. The lowest BCUT2D eigenvalue weighted by molar-refractivity contribution is 0.375. The molecule has 23 heavy (non-hydrogen) atoms. The molecule has 0 aliphatic carbocycles. The summed E-state index contributed by atoms with van der Waals surface area (Å²) >= 11 is 11.8. The fourth-order valence-corrected chi connectivity index (χ4v) is 3.70. The maximum absolute atomic E-state index is 12.1. The predicted octanol–water partition coefficient (Wildman–Crippen LogP) is 4.10. The van der Waals surface area contributed by atoms with E-state index in [0.29, 0.717) is 22.2 Å². The Balaban J connectivity index is 1.99. The Hall–Kier alpha value is -1.56. The molecule has 0 amide bonds. The summed E-state index contributed by atoms with van der Waals surface area (Å²) in [5, 5.41) is 5.56. The summed E-state index contributed by atoms with van der Waals surface area (Å²) in [7, 11) is -3.47. The molecule has 0 spiro atoms. The molecule has 0 fully saturated rings. The fourth-order valence-electron chi connectivity index (χ4n) is 2.54. The number of halogens is 2. The zero-order valence-electron chi connectivity index (χ0n) is 12.3. The van der Waals surface area contributed by atoms with Crippen LogP contribution in [-0.2, 0) is 10.0 Å². The van der Waals surface area contributed by atoms with Crippen LogP contribution in [0.4, 0.5) is 0 Å². The van der Waals surface area contributed by atoms with Crippen LogP contribution in [0.1, 0.15) is 23.6 Å². The molecule has 0 N–H and O–H groups in total. The molecule has 2 aromatic rings. The van der Waals surface area contributed by atoms with Gasteiger partial charge in [0, 0.05) is 16.5 Å². The van der Waals surface area contributed by atoms with E-state index in [4.69, 9.17) is 23.2 Å². The van der Waals surface area contributed by atoms with Gasteiger partial charge >= 0.3 is 0 Å². The van der Waals surface area contributed by atoms with E-state index in [9.17, 15) is 8.42 Å². The Morgan fingerprint density at radius 3 is 2.04 bits per heavy atom. The normalized spacial score (nSPS) is 18.1. The highest BCUT2D eigenvalue weighted by Gasteiger charge is 2.34. The average Bonchev–Trinajstić information content (AvgIpc) is 2.94. The van der Waals surface area contributed by atoms with Gasteiger partial charge in [-0.15, -0.1) is 0 Å². The first kappa shape index (κ1) is 16.3. The number of benzene rings is 2. The van der Waals surface area contributed by atoms with Crippen LogP contribution in [0.3, 0.4) is 0 Å². The molecular formula is C16H14Cl2N2O2S. The Morgan fingerprint density at radius 1 is 1.00 bits per heavy atom.